The third-order valence-corrected chi connectivity index (χ3v) is 7.74. The zero-order chi connectivity index (χ0) is 23.1. The number of nitro benzene ring substituents is 1. The van der Waals surface area contributed by atoms with Gasteiger partial charge in [-0.1, -0.05) is 12.1 Å². The summed E-state index contributed by atoms with van der Waals surface area (Å²) in [7, 11) is 0. The number of piperazine rings is 1. The molecule has 5 rings (SSSR count). The zero-order valence-corrected chi connectivity index (χ0v) is 19.2. The summed E-state index contributed by atoms with van der Waals surface area (Å²) in [5, 5.41) is 12.2. The quantitative estimate of drug-likeness (QED) is 0.466. The molecule has 2 aromatic heterocycles. The second-order valence-electron chi connectivity index (χ2n) is 8.70. The number of nitrogens with zero attached hydrogens (tertiary/aromatic N) is 4. The molecule has 1 saturated heterocycles. The fraction of sp³-hybridized carbons (Fsp3) is 0.435. The number of rotatable bonds is 4. The molecule has 1 fully saturated rings. The molecule has 3 aromatic rings. The molecule has 0 unspecified atom stereocenters. The van der Waals surface area contributed by atoms with Crippen molar-refractivity contribution in [3.8, 4) is 0 Å². The van der Waals surface area contributed by atoms with Crippen LogP contribution in [0.15, 0.2) is 23.0 Å². The second kappa shape index (κ2) is 8.68. The number of fused-ring (bicyclic) bond motifs is 3. The lowest BCUT2D eigenvalue weighted by Gasteiger charge is -2.34. The highest BCUT2D eigenvalue weighted by Crippen LogP contribution is 2.33. The van der Waals surface area contributed by atoms with Crippen molar-refractivity contribution in [2.24, 2.45) is 0 Å². The summed E-state index contributed by atoms with van der Waals surface area (Å²) < 4.78 is 0. The van der Waals surface area contributed by atoms with Crippen LogP contribution in [0.5, 0.6) is 0 Å². The number of hydrogen-bond acceptors (Lipinski definition) is 7. The number of hydrogen-bond donors (Lipinski definition) is 1. The van der Waals surface area contributed by atoms with Crippen LogP contribution in [-0.2, 0) is 19.4 Å². The largest absolute Gasteiger partial charge is 0.336 e. The maximum atomic E-state index is 13.0. The molecular weight excluding hydrogens is 442 g/mol. The summed E-state index contributed by atoms with van der Waals surface area (Å²) in [5.74, 6) is 0.322. The molecule has 172 valence electrons. The van der Waals surface area contributed by atoms with E-state index in [4.69, 9.17) is 4.98 Å². The van der Waals surface area contributed by atoms with Gasteiger partial charge < -0.3 is 9.88 Å². The topological polar surface area (TPSA) is 112 Å². The van der Waals surface area contributed by atoms with Gasteiger partial charge in [0.1, 0.15) is 16.2 Å². The maximum Gasteiger partial charge on any atom is 0.285 e. The van der Waals surface area contributed by atoms with E-state index in [1.807, 2.05) is 0 Å². The van der Waals surface area contributed by atoms with Crippen molar-refractivity contribution in [2.75, 3.05) is 26.2 Å². The van der Waals surface area contributed by atoms with Crippen LogP contribution in [-0.4, -0.2) is 56.8 Å². The highest BCUT2D eigenvalue weighted by molar-refractivity contribution is 7.18. The first-order valence-electron chi connectivity index (χ1n) is 11.2. The summed E-state index contributed by atoms with van der Waals surface area (Å²) in [4.78, 5) is 50.3. The summed E-state index contributed by atoms with van der Waals surface area (Å²) in [5.41, 5.74) is 1.60. The molecule has 0 saturated carbocycles. The Morgan fingerprint density at radius 2 is 1.97 bits per heavy atom. The van der Waals surface area contributed by atoms with E-state index in [1.54, 1.807) is 35.3 Å². The van der Waals surface area contributed by atoms with Crippen molar-refractivity contribution in [3.05, 3.63) is 66.1 Å². The number of aryl methyl sites for hydroxylation is 3. The lowest BCUT2D eigenvalue weighted by atomic mass is 9.97. The van der Waals surface area contributed by atoms with Crippen LogP contribution in [0.3, 0.4) is 0 Å². The number of nitro groups is 1. The van der Waals surface area contributed by atoms with Crippen LogP contribution < -0.4 is 5.56 Å². The van der Waals surface area contributed by atoms with Gasteiger partial charge in [0, 0.05) is 36.6 Å². The minimum atomic E-state index is -0.487. The molecule has 1 N–H and O–H groups in total. The highest BCUT2D eigenvalue weighted by atomic mass is 32.1. The second-order valence-corrected chi connectivity index (χ2v) is 9.78. The van der Waals surface area contributed by atoms with Crippen molar-refractivity contribution in [3.63, 3.8) is 0 Å². The molecule has 1 amide bonds. The van der Waals surface area contributed by atoms with Gasteiger partial charge in [-0.3, -0.25) is 24.6 Å². The van der Waals surface area contributed by atoms with E-state index in [0.29, 0.717) is 44.1 Å². The Labute approximate surface area is 194 Å². The van der Waals surface area contributed by atoms with Gasteiger partial charge >= 0.3 is 0 Å². The van der Waals surface area contributed by atoms with Gasteiger partial charge in [0.05, 0.1) is 16.9 Å². The van der Waals surface area contributed by atoms with Crippen LogP contribution in [0.1, 0.15) is 45.0 Å². The molecule has 3 heterocycles. The first kappa shape index (κ1) is 21.7. The van der Waals surface area contributed by atoms with E-state index in [1.165, 1.54) is 22.9 Å². The van der Waals surface area contributed by atoms with Crippen LogP contribution in [0.25, 0.3) is 10.2 Å². The van der Waals surface area contributed by atoms with Crippen molar-refractivity contribution in [2.45, 2.75) is 39.2 Å². The van der Waals surface area contributed by atoms with E-state index in [0.717, 1.165) is 29.5 Å². The summed E-state index contributed by atoms with van der Waals surface area (Å²) in [6.45, 7) is 4.28. The Kier molecular flexibility index (Phi) is 5.71. The predicted octanol–water partition coefficient (Wildman–Crippen LogP) is 3.04. The number of aromatic amines is 1. The fourth-order valence-electron chi connectivity index (χ4n) is 4.85. The zero-order valence-electron chi connectivity index (χ0n) is 18.4. The monoisotopic (exact) mass is 467 g/mol. The highest BCUT2D eigenvalue weighted by Gasteiger charge is 2.29. The Hall–Kier alpha value is -3.11. The van der Waals surface area contributed by atoms with Gasteiger partial charge in [-0.05, 0) is 44.2 Å². The van der Waals surface area contributed by atoms with E-state index in [9.17, 15) is 19.7 Å². The van der Waals surface area contributed by atoms with Crippen LogP contribution in [0, 0.1) is 17.0 Å². The van der Waals surface area contributed by atoms with Gasteiger partial charge in [0.15, 0.2) is 0 Å². The Morgan fingerprint density at radius 1 is 1.21 bits per heavy atom. The van der Waals surface area contributed by atoms with Crippen molar-refractivity contribution in [1.82, 2.24) is 19.8 Å². The average Bonchev–Trinajstić information content (AvgIpc) is 3.17. The Bertz CT molecular complexity index is 1310. The third kappa shape index (κ3) is 4.04. The molecule has 2 aliphatic rings. The molecule has 0 spiro atoms. The molecule has 0 radical (unpaired) electrons. The van der Waals surface area contributed by atoms with Crippen molar-refractivity contribution in [1.29, 1.82) is 0 Å². The smallest absolute Gasteiger partial charge is 0.285 e. The Morgan fingerprint density at radius 3 is 2.73 bits per heavy atom. The number of para-hydroxylation sites is 1. The van der Waals surface area contributed by atoms with Gasteiger partial charge in [-0.25, -0.2) is 4.98 Å². The van der Waals surface area contributed by atoms with Gasteiger partial charge in [0.2, 0.25) is 0 Å². The number of benzene rings is 1. The number of H-pyrrole nitrogens is 1. The lowest BCUT2D eigenvalue weighted by Crippen LogP contribution is -2.48. The first-order chi connectivity index (χ1) is 15.9. The molecule has 1 aliphatic heterocycles. The molecule has 1 aromatic carbocycles. The van der Waals surface area contributed by atoms with Crippen LogP contribution in [0.4, 0.5) is 5.69 Å². The minimum absolute atomic E-state index is 0.0602. The number of nitrogens with one attached hydrogen (secondary N) is 1. The van der Waals surface area contributed by atoms with Gasteiger partial charge in [-0.15, -0.1) is 11.3 Å². The molecule has 9 nitrogen and oxygen atoms in total. The number of amides is 1. The third-order valence-electron chi connectivity index (χ3n) is 6.56. The predicted molar refractivity (Wildman–Crippen MR) is 126 cm³/mol. The summed E-state index contributed by atoms with van der Waals surface area (Å²) >= 11 is 1.64. The van der Waals surface area contributed by atoms with Gasteiger partial charge in [-0.2, -0.15) is 0 Å². The van der Waals surface area contributed by atoms with E-state index in [-0.39, 0.29) is 22.7 Å². The first-order valence-corrected chi connectivity index (χ1v) is 12.0. The Balaban J connectivity index is 1.28. The molecular formula is C23H25N5O4S. The lowest BCUT2D eigenvalue weighted by molar-refractivity contribution is -0.385. The summed E-state index contributed by atoms with van der Waals surface area (Å²) in [6.07, 6.45) is 4.27. The minimum Gasteiger partial charge on any atom is -0.336 e. The molecule has 0 atom stereocenters. The maximum absolute atomic E-state index is 13.0. The number of carbonyl (C=O) groups is 1. The van der Waals surface area contributed by atoms with Crippen LogP contribution in [0.2, 0.25) is 0 Å². The number of aromatic nitrogens is 2. The fourth-order valence-corrected chi connectivity index (χ4v) is 6.13. The van der Waals surface area contributed by atoms with Gasteiger partial charge in [0.25, 0.3) is 17.2 Å². The van der Waals surface area contributed by atoms with E-state index in [2.05, 4.69) is 9.88 Å². The number of carbonyl (C=O) groups excluding carboxylic acids is 1. The molecule has 33 heavy (non-hydrogen) atoms. The van der Waals surface area contributed by atoms with Crippen molar-refractivity contribution < 1.29 is 9.72 Å². The molecule has 0 bridgehead atoms. The number of thiophene rings is 1. The van der Waals surface area contributed by atoms with E-state index >= 15 is 0 Å². The normalized spacial score (nSPS) is 16.7. The SMILES string of the molecule is Cc1cccc(C(=O)N2CCN(Cc3nc4sc5c(c4c(=O)[nH]3)CCCC5)CC2)c1[N+](=O)[O-]. The van der Waals surface area contributed by atoms with E-state index < -0.39 is 4.92 Å². The standard InChI is InChI=1S/C23H25N5O4S/c1-14-5-4-7-16(20(14)28(31)32)23(30)27-11-9-26(10-12-27)13-18-24-21(29)19-15-6-2-3-8-17(15)33-22(19)25-18/h4-5,7H,2-3,6,8-13H2,1H3,(H,24,25,29). The average molecular weight is 468 g/mol. The van der Waals surface area contributed by atoms with Crippen LogP contribution >= 0.6 is 11.3 Å². The summed E-state index contributed by atoms with van der Waals surface area (Å²) in [6, 6.07) is 4.83. The molecule has 1 aliphatic carbocycles. The van der Waals surface area contributed by atoms with Crippen molar-refractivity contribution >= 4 is 33.1 Å². The molecule has 10 heteroatoms.